The van der Waals surface area contributed by atoms with E-state index >= 15 is 0 Å². The van der Waals surface area contributed by atoms with Gasteiger partial charge in [-0.15, -0.1) is 0 Å². The number of ether oxygens (including phenoxy) is 2. The Morgan fingerprint density at radius 2 is 1.77 bits per heavy atom. The van der Waals surface area contributed by atoms with Crippen LogP contribution in [0.5, 0.6) is 11.5 Å². The summed E-state index contributed by atoms with van der Waals surface area (Å²) < 4.78 is 12.1. The second-order valence-corrected chi connectivity index (χ2v) is 6.34. The maximum absolute atomic E-state index is 12.2. The van der Waals surface area contributed by atoms with Crippen LogP contribution >= 0.6 is 15.9 Å². The molecule has 1 fully saturated rings. The number of rotatable bonds is 7. The Kier molecular flexibility index (Phi) is 6.55. The summed E-state index contributed by atoms with van der Waals surface area (Å²) in [5.41, 5.74) is 0.919. The molecule has 0 aliphatic heterocycles. The van der Waals surface area contributed by atoms with E-state index in [0.717, 1.165) is 22.9 Å². The monoisotopic (exact) mass is 369 g/mol. The molecule has 1 aromatic carbocycles. The topological polar surface area (TPSA) is 47.6 Å². The summed E-state index contributed by atoms with van der Waals surface area (Å²) in [4.78, 5) is 12.2. The van der Waals surface area contributed by atoms with Crippen LogP contribution in [0.3, 0.4) is 0 Å². The fourth-order valence-corrected chi connectivity index (χ4v) is 3.23. The molecule has 1 aromatic rings. The van der Waals surface area contributed by atoms with E-state index in [-0.39, 0.29) is 5.91 Å². The van der Waals surface area contributed by atoms with Crippen molar-refractivity contribution in [1.29, 1.82) is 0 Å². The molecule has 122 valence electrons. The average molecular weight is 370 g/mol. The lowest BCUT2D eigenvalue weighted by Crippen LogP contribution is -2.33. The molecule has 1 aliphatic carbocycles. The minimum absolute atomic E-state index is 0.0687. The highest BCUT2D eigenvalue weighted by molar-refractivity contribution is 9.10. The van der Waals surface area contributed by atoms with Crippen LogP contribution in [-0.4, -0.2) is 25.2 Å². The van der Waals surface area contributed by atoms with Crippen molar-refractivity contribution in [2.45, 2.75) is 52.0 Å². The summed E-state index contributed by atoms with van der Waals surface area (Å²) in [5, 5.41) is 3.11. The Balaban J connectivity index is 2.08. The first-order chi connectivity index (χ1) is 10.6. The van der Waals surface area contributed by atoms with E-state index in [4.69, 9.17) is 9.47 Å². The summed E-state index contributed by atoms with van der Waals surface area (Å²) in [7, 11) is 0. The highest BCUT2D eigenvalue weighted by Gasteiger charge is 2.19. The minimum atomic E-state index is 0.0687. The summed E-state index contributed by atoms with van der Waals surface area (Å²) in [6, 6.07) is 4.12. The van der Waals surface area contributed by atoms with E-state index in [9.17, 15) is 4.79 Å². The number of hydrogen-bond acceptors (Lipinski definition) is 3. The lowest BCUT2D eigenvalue weighted by atomic mass is 10.1. The van der Waals surface area contributed by atoms with Crippen LogP contribution in [0, 0.1) is 0 Å². The number of nitrogens with one attached hydrogen (secondary N) is 1. The van der Waals surface area contributed by atoms with Crippen molar-refractivity contribution >= 4 is 21.8 Å². The lowest BCUT2D eigenvalue weighted by molar-refractivity contribution is -0.121. The van der Waals surface area contributed by atoms with Gasteiger partial charge in [0.2, 0.25) is 5.91 Å². The van der Waals surface area contributed by atoms with Gasteiger partial charge in [-0.3, -0.25) is 4.79 Å². The average Bonchev–Trinajstić information content (AvgIpc) is 2.97. The molecule has 0 unspecified atom stereocenters. The predicted octanol–water partition coefficient (Wildman–Crippen LogP) is 3.85. The quantitative estimate of drug-likeness (QED) is 0.793. The van der Waals surface area contributed by atoms with Crippen LogP contribution in [0.15, 0.2) is 16.6 Å². The van der Waals surface area contributed by atoms with Gasteiger partial charge in [-0.05, 0) is 44.4 Å². The smallest absolute Gasteiger partial charge is 0.224 e. The molecule has 0 bridgehead atoms. The molecular formula is C17H24BrNO3. The van der Waals surface area contributed by atoms with Crippen LogP contribution in [0.2, 0.25) is 0 Å². The first-order valence-corrected chi connectivity index (χ1v) is 8.80. The molecule has 0 atom stereocenters. The van der Waals surface area contributed by atoms with Gasteiger partial charge >= 0.3 is 0 Å². The third-order valence-electron chi connectivity index (χ3n) is 3.78. The molecule has 0 radical (unpaired) electrons. The lowest BCUT2D eigenvalue weighted by Gasteiger charge is -2.15. The third kappa shape index (κ3) is 4.63. The SMILES string of the molecule is CCOc1cc(Br)c(CC(=O)NC2CCCC2)cc1OCC. The van der Waals surface area contributed by atoms with Gasteiger partial charge in [0.1, 0.15) is 0 Å². The molecule has 0 saturated heterocycles. The largest absolute Gasteiger partial charge is 0.490 e. The maximum Gasteiger partial charge on any atom is 0.224 e. The number of amides is 1. The van der Waals surface area contributed by atoms with Gasteiger partial charge in [0.25, 0.3) is 0 Å². The van der Waals surface area contributed by atoms with Crippen molar-refractivity contribution < 1.29 is 14.3 Å². The van der Waals surface area contributed by atoms with Crippen molar-refractivity contribution in [2.24, 2.45) is 0 Å². The van der Waals surface area contributed by atoms with E-state index in [2.05, 4.69) is 21.2 Å². The predicted molar refractivity (Wildman–Crippen MR) is 90.6 cm³/mol. The Morgan fingerprint density at radius 1 is 1.18 bits per heavy atom. The number of hydrogen-bond donors (Lipinski definition) is 1. The molecule has 1 saturated carbocycles. The molecule has 0 heterocycles. The van der Waals surface area contributed by atoms with E-state index in [1.165, 1.54) is 12.8 Å². The van der Waals surface area contributed by atoms with E-state index < -0.39 is 0 Å². The van der Waals surface area contributed by atoms with Crippen molar-refractivity contribution in [3.63, 3.8) is 0 Å². The molecule has 5 heteroatoms. The zero-order valence-electron chi connectivity index (χ0n) is 13.3. The number of carbonyl (C=O) groups is 1. The van der Waals surface area contributed by atoms with Gasteiger partial charge in [-0.2, -0.15) is 0 Å². The first kappa shape index (κ1) is 17.1. The van der Waals surface area contributed by atoms with E-state index in [1.807, 2.05) is 26.0 Å². The number of halogens is 1. The Hall–Kier alpha value is -1.23. The maximum atomic E-state index is 12.2. The van der Waals surface area contributed by atoms with Crippen LogP contribution in [0.1, 0.15) is 45.1 Å². The molecule has 1 aliphatic rings. The highest BCUT2D eigenvalue weighted by atomic mass is 79.9. The van der Waals surface area contributed by atoms with Gasteiger partial charge in [-0.1, -0.05) is 28.8 Å². The molecule has 1 amide bonds. The summed E-state index contributed by atoms with van der Waals surface area (Å²) >= 11 is 3.53. The number of carbonyl (C=O) groups excluding carboxylic acids is 1. The van der Waals surface area contributed by atoms with Crippen LogP contribution < -0.4 is 14.8 Å². The Morgan fingerprint density at radius 3 is 2.36 bits per heavy atom. The second-order valence-electron chi connectivity index (χ2n) is 5.48. The van der Waals surface area contributed by atoms with Gasteiger partial charge in [0.05, 0.1) is 19.6 Å². The molecule has 22 heavy (non-hydrogen) atoms. The minimum Gasteiger partial charge on any atom is -0.490 e. The Bertz CT molecular complexity index is 513. The van der Waals surface area contributed by atoms with Gasteiger partial charge in [0.15, 0.2) is 11.5 Å². The fraction of sp³-hybridized carbons (Fsp3) is 0.588. The molecular weight excluding hydrogens is 346 g/mol. The van der Waals surface area contributed by atoms with Gasteiger partial charge < -0.3 is 14.8 Å². The second kappa shape index (κ2) is 8.42. The normalized spacial score (nSPS) is 14.9. The molecule has 1 N–H and O–H groups in total. The summed E-state index contributed by atoms with van der Waals surface area (Å²) in [6.45, 7) is 5.01. The van der Waals surface area contributed by atoms with Crippen molar-refractivity contribution in [3.8, 4) is 11.5 Å². The number of benzene rings is 1. The van der Waals surface area contributed by atoms with E-state index in [0.29, 0.717) is 37.2 Å². The highest BCUT2D eigenvalue weighted by Crippen LogP contribution is 2.34. The first-order valence-electron chi connectivity index (χ1n) is 8.01. The fourth-order valence-electron chi connectivity index (χ4n) is 2.77. The van der Waals surface area contributed by atoms with Crippen molar-refractivity contribution in [1.82, 2.24) is 5.32 Å². The molecule has 0 aromatic heterocycles. The zero-order chi connectivity index (χ0) is 15.9. The molecule has 2 rings (SSSR count). The summed E-state index contributed by atoms with van der Waals surface area (Å²) in [6.07, 6.45) is 4.97. The standard InChI is InChI=1S/C17H24BrNO3/c1-3-21-15-9-12(14(18)11-16(15)22-4-2)10-17(20)19-13-7-5-6-8-13/h9,11,13H,3-8,10H2,1-2H3,(H,19,20). The zero-order valence-corrected chi connectivity index (χ0v) is 14.9. The van der Waals surface area contributed by atoms with Crippen LogP contribution in [-0.2, 0) is 11.2 Å². The molecule has 4 nitrogen and oxygen atoms in total. The molecule has 0 spiro atoms. The van der Waals surface area contributed by atoms with E-state index in [1.54, 1.807) is 0 Å². The van der Waals surface area contributed by atoms with Crippen molar-refractivity contribution in [2.75, 3.05) is 13.2 Å². The summed E-state index contributed by atoms with van der Waals surface area (Å²) in [5.74, 6) is 1.46. The van der Waals surface area contributed by atoms with Gasteiger partial charge in [0, 0.05) is 10.5 Å². The van der Waals surface area contributed by atoms with Crippen LogP contribution in [0.4, 0.5) is 0 Å². The van der Waals surface area contributed by atoms with Crippen molar-refractivity contribution in [3.05, 3.63) is 22.2 Å². The third-order valence-corrected chi connectivity index (χ3v) is 4.52. The Labute approximate surface area is 140 Å². The van der Waals surface area contributed by atoms with Gasteiger partial charge in [-0.25, -0.2) is 0 Å². The van der Waals surface area contributed by atoms with Crippen LogP contribution in [0.25, 0.3) is 0 Å².